The highest BCUT2D eigenvalue weighted by molar-refractivity contribution is 5.73. The van der Waals surface area contributed by atoms with Crippen molar-refractivity contribution in [1.82, 2.24) is 5.32 Å². The molecular formula is C11H10F2N2O3. The zero-order chi connectivity index (χ0) is 13.7. The number of hydrogen-bond acceptors (Lipinski definition) is 3. The van der Waals surface area contributed by atoms with E-state index >= 15 is 0 Å². The topological polar surface area (TPSA) is 72.2 Å². The van der Waals surface area contributed by atoms with E-state index in [-0.39, 0.29) is 18.0 Å². The van der Waals surface area contributed by atoms with Crippen molar-refractivity contribution in [3.05, 3.63) is 45.5 Å². The number of halogens is 2. The maximum atomic E-state index is 13.3. The van der Waals surface area contributed by atoms with E-state index in [1.165, 1.54) is 19.1 Å². The van der Waals surface area contributed by atoms with Gasteiger partial charge in [0.25, 0.3) is 0 Å². The lowest BCUT2D eigenvalue weighted by Crippen LogP contribution is -2.19. The van der Waals surface area contributed by atoms with Crippen LogP contribution in [0.4, 0.5) is 14.5 Å². The molecule has 1 aromatic carbocycles. The quantitative estimate of drug-likeness (QED) is 0.661. The van der Waals surface area contributed by atoms with Gasteiger partial charge in [-0.2, -0.15) is 4.39 Å². The van der Waals surface area contributed by atoms with Gasteiger partial charge in [0, 0.05) is 31.2 Å². The second-order valence-electron chi connectivity index (χ2n) is 3.42. The Kier molecular flexibility index (Phi) is 4.47. The van der Waals surface area contributed by atoms with Crippen molar-refractivity contribution in [2.75, 3.05) is 6.54 Å². The number of rotatable bonds is 4. The number of benzene rings is 1. The van der Waals surface area contributed by atoms with Gasteiger partial charge in [0.15, 0.2) is 0 Å². The van der Waals surface area contributed by atoms with Gasteiger partial charge in [-0.1, -0.05) is 12.2 Å². The molecule has 1 amide bonds. The number of amides is 1. The van der Waals surface area contributed by atoms with Gasteiger partial charge in [-0.15, -0.1) is 0 Å². The van der Waals surface area contributed by atoms with E-state index < -0.39 is 22.2 Å². The molecule has 0 spiro atoms. The molecule has 0 aliphatic heterocycles. The fourth-order valence-corrected chi connectivity index (χ4v) is 1.21. The van der Waals surface area contributed by atoms with Crippen LogP contribution in [-0.4, -0.2) is 17.4 Å². The molecule has 0 fully saturated rings. The van der Waals surface area contributed by atoms with E-state index in [2.05, 4.69) is 5.32 Å². The Hall–Kier alpha value is -2.31. The zero-order valence-corrected chi connectivity index (χ0v) is 9.44. The minimum Gasteiger partial charge on any atom is -0.353 e. The van der Waals surface area contributed by atoms with E-state index in [1.54, 1.807) is 0 Å². The molecule has 0 saturated heterocycles. The average molecular weight is 256 g/mol. The summed E-state index contributed by atoms with van der Waals surface area (Å²) in [5.41, 5.74) is -0.913. The second-order valence-corrected chi connectivity index (χ2v) is 3.42. The minimum atomic E-state index is -1.23. The number of nitrogens with zero attached hydrogens (tertiary/aromatic N) is 1. The van der Waals surface area contributed by atoms with Gasteiger partial charge in [-0.3, -0.25) is 14.9 Å². The van der Waals surface area contributed by atoms with Gasteiger partial charge >= 0.3 is 5.69 Å². The van der Waals surface area contributed by atoms with Gasteiger partial charge in [0.05, 0.1) is 4.92 Å². The molecule has 0 aliphatic carbocycles. The average Bonchev–Trinajstić information content (AvgIpc) is 2.25. The Morgan fingerprint density at radius 1 is 1.44 bits per heavy atom. The molecule has 0 heterocycles. The number of nitro groups is 1. The summed E-state index contributed by atoms with van der Waals surface area (Å²) >= 11 is 0. The third-order valence-electron chi connectivity index (χ3n) is 2.03. The number of hydrogen-bond donors (Lipinski definition) is 1. The second kappa shape index (κ2) is 5.85. The van der Waals surface area contributed by atoms with Crippen molar-refractivity contribution in [2.24, 2.45) is 0 Å². The number of carbonyl (C=O) groups excluding carboxylic acids is 1. The third kappa shape index (κ3) is 3.62. The number of carbonyl (C=O) groups is 1. The molecule has 18 heavy (non-hydrogen) atoms. The highest BCUT2D eigenvalue weighted by Crippen LogP contribution is 2.22. The smallest absolute Gasteiger partial charge is 0.305 e. The molecule has 0 unspecified atom stereocenters. The molecule has 0 saturated carbocycles. The standard InChI is InChI=1S/C11H10F2N2O3/c1-7(16)14-4-2-3-8-5-11(15(17)18)10(13)6-9(8)12/h2-3,5-6H,4H2,1H3,(H,14,16). The first kappa shape index (κ1) is 13.8. The van der Waals surface area contributed by atoms with E-state index in [1.807, 2.05) is 0 Å². The summed E-state index contributed by atoms with van der Waals surface area (Å²) in [5.74, 6) is -2.39. The molecule has 1 aromatic rings. The summed E-state index contributed by atoms with van der Waals surface area (Å²) < 4.78 is 26.3. The molecule has 0 bridgehead atoms. The zero-order valence-electron chi connectivity index (χ0n) is 9.44. The molecular weight excluding hydrogens is 246 g/mol. The van der Waals surface area contributed by atoms with E-state index in [0.29, 0.717) is 6.07 Å². The van der Waals surface area contributed by atoms with E-state index in [0.717, 1.165) is 6.07 Å². The van der Waals surface area contributed by atoms with Crippen LogP contribution in [-0.2, 0) is 4.79 Å². The molecule has 0 atom stereocenters. The first-order valence-corrected chi connectivity index (χ1v) is 4.96. The molecule has 1 rings (SSSR count). The Labute approximate surface area is 101 Å². The lowest BCUT2D eigenvalue weighted by Gasteiger charge is -1.99. The van der Waals surface area contributed by atoms with Gasteiger partial charge in [-0.05, 0) is 0 Å². The Balaban J connectivity index is 2.92. The molecule has 0 radical (unpaired) electrons. The lowest BCUT2D eigenvalue weighted by atomic mass is 10.1. The predicted octanol–water partition coefficient (Wildman–Crippen LogP) is 2.02. The minimum absolute atomic E-state index is 0.117. The van der Waals surface area contributed by atoms with Crippen molar-refractivity contribution >= 4 is 17.7 Å². The molecule has 5 nitrogen and oxygen atoms in total. The van der Waals surface area contributed by atoms with Crippen LogP contribution in [0.5, 0.6) is 0 Å². The fourth-order valence-electron chi connectivity index (χ4n) is 1.21. The van der Waals surface area contributed by atoms with Gasteiger partial charge in [-0.25, -0.2) is 4.39 Å². The van der Waals surface area contributed by atoms with Crippen LogP contribution < -0.4 is 5.32 Å². The highest BCUT2D eigenvalue weighted by atomic mass is 19.1. The molecule has 1 N–H and O–H groups in total. The Bertz CT molecular complexity index is 515. The Morgan fingerprint density at radius 3 is 2.67 bits per heavy atom. The van der Waals surface area contributed by atoms with E-state index in [9.17, 15) is 23.7 Å². The van der Waals surface area contributed by atoms with Gasteiger partial charge < -0.3 is 5.32 Å². The summed E-state index contributed by atoms with van der Waals surface area (Å²) in [7, 11) is 0. The molecule has 0 aliphatic rings. The molecule has 96 valence electrons. The van der Waals surface area contributed by atoms with Crippen LogP contribution in [0.15, 0.2) is 18.2 Å². The summed E-state index contributed by atoms with van der Waals surface area (Å²) in [4.78, 5) is 20.1. The van der Waals surface area contributed by atoms with Crippen molar-refractivity contribution in [3.8, 4) is 0 Å². The third-order valence-corrected chi connectivity index (χ3v) is 2.03. The van der Waals surface area contributed by atoms with Crippen molar-refractivity contribution in [1.29, 1.82) is 0 Å². The molecule has 7 heteroatoms. The summed E-state index contributed by atoms with van der Waals surface area (Å²) in [6.07, 6.45) is 2.64. The number of nitro benzene ring substituents is 1. The maximum absolute atomic E-state index is 13.3. The van der Waals surface area contributed by atoms with Gasteiger partial charge in [0.2, 0.25) is 11.7 Å². The van der Waals surface area contributed by atoms with Gasteiger partial charge in [0.1, 0.15) is 5.82 Å². The summed E-state index contributed by atoms with van der Waals surface area (Å²) in [5, 5.41) is 12.9. The maximum Gasteiger partial charge on any atom is 0.305 e. The number of nitrogens with one attached hydrogen (secondary N) is 1. The van der Waals surface area contributed by atoms with Crippen LogP contribution >= 0.6 is 0 Å². The van der Waals surface area contributed by atoms with Crippen molar-refractivity contribution in [2.45, 2.75) is 6.92 Å². The first-order valence-electron chi connectivity index (χ1n) is 4.96. The first-order chi connectivity index (χ1) is 8.41. The van der Waals surface area contributed by atoms with Crippen molar-refractivity contribution in [3.63, 3.8) is 0 Å². The highest BCUT2D eigenvalue weighted by Gasteiger charge is 2.17. The largest absolute Gasteiger partial charge is 0.353 e. The van der Waals surface area contributed by atoms with Crippen LogP contribution in [0.3, 0.4) is 0 Å². The summed E-state index contributed by atoms with van der Waals surface area (Å²) in [6.45, 7) is 1.47. The molecule has 0 aromatic heterocycles. The van der Waals surface area contributed by atoms with Crippen LogP contribution in [0, 0.1) is 21.7 Å². The van der Waals surface area contributed by atoms with Crippen LogP contribution in [0.25, 0.3) is 6.08 Å². The predicted molar refractivity (Wildman–Crippen MR) is 60.7 cm³/mol. The fraction of sp³-hybridized carbons (Fsp3) is 0.182. The Morgan fingerprint density at radius 2 is 2.11 bits per heavy atom. The van der Waals surface area contributed by atoms with E-state index in [4.69, 9.17) is 0 Å². The monoisotopic (exact) mass is 256 g/mol. The van der Waals surface area contributed by atoms with Crippen LogP contribution in [0.2, 0.25) is 0 Å². The normalized spacial score (nSPS) is 10.6. The lowest BCUT2D eigenvalue weighted by molar-refractivity contribution is -0.387. The van der Waals surface area contributed by atoms with Crippen LogP contribution in [0.1, 0.15) is 12.5 Å². The summed E-state index contributed by atoms with van der Waals surface area (Å²) in [6, 6.07) is 1.26. The van der Waals surface area contributed by atoms with Crippen molar-refractivity contribution < 1.29 is 18.5 Å². The SMILES string of the molecule is CC(=O)NCC=Cc1cc([N+](=O)[O-])c(F)cc1F.